The van der Waals surface area contributed by atoms with Crippen LogP contribution in [0.15, 0.2) is 48.6 Å². The van der Waals surface area contributed by atoms with E-state index in [1.165, 1.54) is 51.9 Å². The quantitative estimate of drug-likeness (QED) is 0.0658. The van der Waals surface area contributed by atoms with Gasteiger partial charge in [0.2, 0.25) is 6.41 Å². The molecule has 1 fully saturated rings. The van der Waals surface area contributed by atoms with E-state index in [9.17, 15) is 19.7 Å². The van der Waals surface area contributed by atoms with Crippen LogP contribution in [0.25, 0.3) is 0 Å². The summed E-state index contributed by atoms with van der Waals surface area (Å²) in [5, 5.41) is 11.6. The Bertz CT molecular complexity index is 827. The molecule has 38 heavy (non-hydrogen) atoms. The highest BCUT2D eigenvalue weighted by atomic mass is 35.5. The highest BCUT2D eigenvalue weighted by Gasteiger charge is 2.12. The summed E-state index contributed by atoms with van der Waals surface area (Å²) in [4.78, 5) is 34.4. The Morgan fingerprint density at radius 1 is 1.21 bits per heavy atom. The summed E-state index contributed by atoms with van der Waals surface area (Å²) in [5.74, 6) is 0.997. The van der Waals surface area contributed by atoms with Gasteiger partial charge in [0.1, 0.15) is 25.0 Å². The summed E-state index contributed by atoms with van der Waals surface area (Å²) in [6.45, 7) is 5.87. The molecule has 1 amide bonds. The van der Waals surface area contributed by atoms with Gasteiger partial charge in [0.25, 0.3) is 5.09 Å². The maximum Gasteiger partial charge on any atom is 0.328 e. The molecule has 1 aliphatic rings. The third-order valence-corrected chi connectivity index (χ3v) is 5.55. The van der Waals surface area contributed by atoms with Gasteiger partial charge in [0, 0.05) is 5.02 Å². The molecular formula is C28H43ClN2O7. The van der Waals surface area contributed by atoms with E-state index >= 15 is 0 Å². The number of carbonyl (C=O) groups is 2. The first kappa shape index (κ1) is 34.9. The van der Waals surface area contributed by atoms with Crippen LogP contribution in [-0.4, -0.2) is 43.3 Å². The third-order valence-electron chi connectivity index (χ3n) is 5.31. The van der Waals surface area contributed by atoms with Crippen molar-refractivity contribution < 1.29 is 29.0 Å². The topological polar surface area (TPSA) is 117 Å². The van der Waals surface area contributed by atoms with Crippen LogP contribution in [0.5, 0.6) is 5.75 Å². The minimum atomic E-state index is -0.985. The summed E-state index contributed by atoms with van der Waals surface area (Å²) in [6, 6.07) is 6.78. The number of hydrogen-bond donors (Lipinski definition) is 1. The van der Waals surface area contributed by atoms with E-state index in [0.717, 1.165) is 29.7 Å². The number of amides is 1. The van der Waals surface area contributed by atoms with Gasteiger partial charge in [-0.1, -0.05) is 74.6 Å². The zero-order valence-corrected chi connectivity index (χ0v) is 23.6. The molecule has 1 aromatic rings. The molecule has 1 unspecified atom stereocenters. The van der Waals surface area contributed by atoms with Crippen molar-refractivity contribution in [2.24, 2.45) is 5.92 Å². The van der Waals surface area contributed by atoms with Crippen LogP contribution < -0.4 is 10.1 Å². The molecule has 1 saturated carbocycles. The van der Waals surface area contributed by atoms with Crippen molar-refractivity contribution in [1.82, 2.24) is 5.32 Å². The molecule has 1 atom stereocenters. The van der Waals surface area contributed by atoms with E-state index in [1.807, 2.05) is 24.3 Å². The van der Waals surface area contributed by atoms with Crippen LogP contribution in [-0.2, 0) is 19.2 Å². The van der Waals surface area contributed by atoms with Gasteiger partial charge in [-0.05, 0) is 63.6 Å². The maximum atomic E-state index is 10.9. The zero-order valence-electron chi connectivity index (χ0n) is 22.8. The fourth-order valence-electron chi connectivity index (χ4n) is 3.28. The Morgan fingerprint density at radius 3 is 2.55 bits per heavy atom. The van der Waals surface area contributed by atoms with Crippen LogP contribution in [0.1, 0.15) is 72.1 Å². The van der Waals surface area contributed by atoms with E-state index in [0.29, 0.717) is 6.41 Å². The molecular weight excluding hydrogens is 512 g/mol. The number of carbonyl (C=O) groups excluding carboxylic acids is 2. The molecule has 1 aliphatic carbocycles. The fraction of sp³-hybridized carbons (Fsp3) is 0.571. The first-order valence-corrected chi connectivity index (χ1v) is 13.5. The van der Waals surface area contributed by atoms with Gasteiger partial charge < -0.3 is 19.6 Å². The lowest BCUT2D eigenvalue weighted by Gasteiger charge is -2.09. The van der Waals surface area contributed by atoms with E-state index in [4.69, 9.17) is 16.3 Å². The van der Waals surface area contributed by atoms with Crippen molar-refractivity contribution in [1.29, 1.82) is 0 Å². The minimum Gasteiger partial charge on any atom is -0.493 e. The lowest BCUT2D eigenvalue weighted by molar-refractivity contribution is -0.757. The van der Waals surface area contributed by atoms with Crippen molar-refractivity contribution in [3.63, 3.8) is 0 Å². The monoisotopic (exact) mass is 554 g/mol. The van der Waals surface area contributed by atoms with Crippen molar-refractivity contribution in [3.8, 4) is 5.75 Å². The van der Waals surface area contributed by atoms with Crippen LogP contribution >= 0.6 is 11.6 Å². The smallest absolute Gasteiger partial charge is 0.328 e. The van der Waals surface area contributed by atoms with Gasteiger partial charge in [0.05, 0.1) is 6.61 Å². The standard InChI is InChI=1S/C15H19ClO.C7H14.C6H10N2O6/c16-14-9-5-10-15(12-14)17-11-4-3-8-13-6-1-2-7-13;1-3-5-7-6-4-2;1-5(7-4-9)6(10)13-2-3-14-8(11)12/h3,5,8-10,12-13H,1-2,4,6-7,11H2;3,5H,4,6-7H2,1-2H3;4-5H,2-3H2,1H3,(H,7,9)/b8-3+;5-3-;. The van der Waals surface area contributed by atoms with Crippen molar-refractivity contribution in [2.75, 3.05) is 19.8 Å². The van der Waals surface area contributed by atoms with Gasteiger partial charge in [-0.3, -0.25) is 4.79 Å². The predicted octanol–water partition coefficient (Wildman–Crippen LogP) is 6.48. The Kier molecular flexibility index (Phi) is 22.3. The highest BCUT2D eigenvalue weighted by molar-refractivity contribution is 6.30. The van der Waals surface area contributed by atoms with Gasteiger partial charge in [-0.25, -0.2) is 4.79 Å². The Morgan fingerprint density at radius 2 is 1.95 bits per heavy atom. The average Bonchev–Trinajstić information content (AvgIpc) is 3.41. The molecule has 0 aromatic heterocycles. The van der Waals surface area contributed by atoms with Crippen LogP contribution in [0, 0.1) is 16.0 Å². The summed E-state index contributed by atoms with van der Waals surface area (Å²) in [5.41, 5.74) is 0. The molecule has 0 aliphatic heterocycles. The molecule has 0 spiro atoms. The lowest BCUT2D eigenvalue weighted by Crippen LogP contribution is -2.34. The van der Waals surface area contributed by atoms with Gasteiger partial charge in [-0.2, -0.15) is 0 Å². The van der Waals surface area contributed by atoms with Crippen molar-refractivity contribution >= 4 is 24.0 Å². The SMILES string of the molecule is C/C=C\CCCC.CC(NC=O)C(=O)OCCO[N+](=O)[O-].Clc1cccc(OCC/C=C/C2CCCC2)c1. The number of hydrogen-bond acceptors (Lipinski definition) is 7. The Labute approximate surface area is 231 Å². The van der Waals surface area contributed by atoms with E-state index in [2.05, 4.69) is 53.0 Å². The summed E-state index contributed by atoms with van der Waals surface area (Å²) in [6.07, 6.45) is 19.7. The molecule has 0 radical (unpaired) electrons. The second-order valence-electron chi connectivity index (χ2n) is 8.51. The number of nitrogens with zero attached hydrogens (tertiary/aromatic N) is 1. The summed E-state index contributed by atoms with van der Waals surface area (Å²) in [7, 11) is 0. The first-order valence-electron chi connectivity index (χ1n) is 13.1. The van der Waals surface area contributed by atoms with Crippen LogP contribution in [0.4, 0.5) is 0 Å². The molecule has 1 aromatic carbocycles. The van der Waals surface area contributed by atoms with Crippen molar-refractivity contribution in [2.45, 2.75) is 78.2 Å². The largest absolute Gasteiger partial charge is 0.493 e. The molecule has 0 saturated heterocycles. The van der Waals surface area contributed by atoms with Gasteiger partial charge >= 0.3 is 5.97 Å². The number of halogens is 1. The second-order valence-corrected chi connectivity index (χ2v) is 8.95. The third kappa shape index (κ3) is 21.1. The highest BCUT2D eigenvalue weighted by Crippen LogP contribution is 2.25. The van der Waals surface area contributed by atoms with E-state index in [-0.39, 0.29) is 13.2 Å². The van der Waals surface area contributed by atoms with Gasteiger partial charge in [-0.15, -0.1) is 10.1 Å². The Hall–Kier alpha value is -3.07. The number of benzene rings is 1. The average molecular weight is 555 g/mol. The first-order chi connectivity index (χ1) is 18.3. The second kappa shape index (κ2) is 24.3. The number of unbranched alkanes of at least 4 members (excludes halogenated alkanes) is 2. The number of nitrogens with one attached hydrogen (secondary N) is 1. The number of esters is 1. The molecule has 2 rings (SSSR count). The molecule has 1 N–H and O–H groups in total. The van der Waals surface area contributed by atoms with Crippen molar-refractivity contribution in [3.05, 3.63) is 63.7 Å². The predicted molar refractivity (Wildman–Crippen MR) is 150 cm³/mol. The van der Waals surface area contributed by atoms with E-state index in [1.54, 1.807) is 0 Å². The molecule has 0 bridgehead atoms. The van der Waals surface area contributed by atoms with Crippen LogP contribution in [0.2, 0.25) is 5.02 Å². The van der Waals surface area contributed by atoms with Crippen LogP contribution in [0.3, 0.4) is 0 Å². The molecule has 214 valence electrons. The minimum absolute atomic E-state index is 0.231. The number of ether oxygens (including phenoxy) is 2. The maximum absolute atomic E-state index is 10.9. The molecule has 0 heterocycles. The van der Waals surface area contributed by atoms with E-state index < -0.39 is 17.1 Å². The molecule has 10 heteroatoms. The summed E-state index contributed by atoms with van der Waals surface area (Å²) < 4.78 is 10.1. The number of rotatable bonds is 15. The number of allylic oxidation sites excluding steroid dienone is 3. The van der Waals surface area contributed by atoms with Gasteiger partial charge in [0.15, 0.2) is 0 Å². The summed E-state index contributed by atoms with van der Waals surface area (Å²) >= 11 is 5.88. The fourth-order valence-corrected chi connectivity index (χ4v) is 3.46. The Balaban J connectivity index is 0.000000589. The normalized spacial score (nSPS) is 13.6. The lowest BCUT2D eigenvalue weighted by atomic mass is 10.1. The zero-order chi connectivity index (χ0) is 28.4. The molecule has 9 nitrogen and oxygen atoms in total.